The van der Waals surface area contributed by atoms with Crippen molar-refractivity contribution in [1.29, 1.82) is 0 Å². The molecule has 0 aliphatic carbocycles. The minimum atomic E-state index is -4.46. The molecule has 3 rings (SSSR count). The largest absolute Gasteiger partial charge is 0.459 e. The van der Waals surface area contributed by atoms with Crippen LogP contribution in [0.1, 0.15) is 42.4 Å². The van der Waals surface area contributed by atoms with Crippen LogP contribution in [0.25, 0.3) is 0 Å². The fourth-order valence-corrected chi connectivity index (χ4v) is 3.91. The molecular formula is C25H27F4NO4. The summed E-state index contributed by atoms with van der Waals surface area (Å²) in [7, 11) is 0. The predicted octanol–water partition coefficient (Wildman–Crippen LogP) is 4.91. The number of halogens is 4. The number of carbonyl (C=O) groups excluding carboxylic acids is 1. The number of nitrogens with one attached hydrogen (secondary N) is 1. The van der Waals surface area contributed by atoms with Crippen molar-refractivity contribution in [3.63, 3.8) is 0 Å². The van der Waals surface area contributed by atoms with E-state index in [-0.39, 0.29) is 30.6 Å². The third-order valence-corrected chi connectivity index (χ3v) is 5.62. The van der Waals surface area contributed by atoms with Crippen molar-refractivity contribution in [1.82, 2.24) is 5.32 Å². The Bertz CT molecular complexity index is 974. The van der Waals surface area contributed by atoms with Crippen molar-refractivity contribution in [2.75, 3.05) is 13.2 Å². The lowest BCUT2D eigenvalue weighted by Gasteiger charge is -2.37. The SMILES string of the molecule is CCO[C@@H]1OC(C(=O)NCc2ccc(F)cc2)=C[C@H](c2ccc(C(F)(F)F)cc2)[C@@H]1CCCO. The second-order valence-electron chi connectivity index (χ2n) is 7.96. The molecule has 2 N–H and O–H groups in total. The lowest BCUT2D eigenvalue weighted by molar-refractivity contribution is -0.166. The highest BCUT2D eigenvalue weighted by Crippen LogP contribution is 2.40. The fourth-order valence-electron chi connectivity index (χ4n) is 3.91. The number of hydrogen-bond donors (Lipinski definition) is 2. The summed E-state index contributed by atoms with van der Waals surface area (Å²) >= 11 is 0. The lowest BCUT2D eigenvalue weighted by atomic mass is 9.80. The number of amides is 1. The molecule has 2 aromatic carbocycles. The molecule has 9 heteroatoms. The Labute approximate surface area is 195 Å². The molecule has 3 atom stereocenters. The number of rotatable bonds is 9. The summed E-state index contributed by atoms with van der Waals surface area (Å²) in [5, 5.41) is 12.0. The lowest BCUT2D eigenvalue weighted by Crippen LogP contribution is -2.39. The van der Waals surface area contributed by atoms with E-state index in [1.807, 2.05) is 0 Å². The summed E-state index contributed by atoms with van der Waals surface area (Å²) in [4.78, 5) is 12.8. The van der Waals surface area contributed by atoms with Gasteiger partial charge in [-0.1, -0.05) is 24.3 Å². The van der Waals surface area contributed by atoms with Gasteiger partial charge in [0.1, 0.15) is 5.82 Å². The molecule has 184 valence electrons. The number of alkyl halides is 3. The van der Waals surface area contributed by atoms with E-state index in [1.54, 1.807) is 25.1 Å². The smallest absolute Gasteiger partial charge is 0.416 e. The average molecular weight is 481 g/mol. The third kappa shape index (κ3) is 6.57. The Hall–Kier alpha value is -2.91. The molecule has 0 spiro atoms. The molecule has 0 bridgehead atoms. The number of allylic oxidation sites excluding steroid dienone is 1. The van der Waals surface area contributed by atoms with Crippen LogP contribution in [0.4, 0.5) is 17.6 Å². The molecular weight excluding hydrogens is 454 g/mol. The number of benzene rings is 2. The Kier molecular flexibility index (Phi) is 8.68. The van der Waals surface area contributed by atoms with Crippen molar-refractivity contribution in [3.05, 3.63) is 82.9 Å². The standard InChI is InChI=1S/C25H27F4NO4/c1-2-33-24-20(4-3-13-31)21(17-7-9-18(10-8-17)25(27,28)29)14-22(34-24)23(32)30-15-16-5-11-19(26)12-6-16/h5-12,14,20-21,24,31H,2-4,13,15H2,1H3,(H,30,32)/t20-,21+,24+/m0/s1. The van der Waals surface area contributed by atoms with Crippen LogP contribution >= 0.6 is 0 Å². The maximum Gasteiger partial charge on any atom is 0.416 e. The van der Waals surface area contributed by atoms with E-state index in [9.17, 15) is 27.5 Å². The van der Waals surface area contributed by atoms with Gasteiger partial charge in [-0.15, -0.1) is 0 Å². The summed E-state index contributed by atoms with van der Waals surface area (Å²) in [5.74, 6) is -1.71. The van der Waals surface area contributed by atoms with Gasteiger partial charge in [-0.2, -0.15) is 13.2 Å². The average Bonchev–Trinajstić information content (AvgIpc) is 2.82. The molecule has 0 saturated carbocycles. The van der Waals surface area contributed by atoms with Crippen LogP contribution in [-0.4, -0.2) is 30.5 Å². The Morgan fingerprint density at radius 2 is 1.79 bits per heavy atom. The summed E-state index contributed by atoms with van der Waals surface area (Å²) in [6.45, 7) is 2.14. The van der Waals surface area contributed by atoms with Gasteiger partial charge in [0.2, 0.25) is 6.29 Å². The Morgan fingerprint density at radius 1 is 1.12 bits per heavy atom. The number of hydrogen-bond acceptors (Lipinski definition) is 4. The van der Waals surface area contributed by atoms with Crippen LogP contribution in [0, 0.1) is 11.7 Å². The normalized spacial score (nSPS) is 20.4. The Morgan fingerprint density at radius 3 is 2.38 bits per heavy atom. The molecule has 1 amide bonds. The van der Waals surface area contributed by atoms with Gasteiger partial charge in [0.25, 0.3) is 5.91 Å². The van der Waals surface area contributed by atoms with E-state index in [0.29, 0.717) is 30.6 Å². The van der Waals surface area contributed by atoms with Gasteiger partial charge in [-0.05, 0) is 61.2 Å². The van der Waals surface area contributed by atoms with Crippen molar-refractivity contribution in [2.45, 2.75) is 44.7 Å². The first kappa shape index (κ1) is 25.7. The molecule has 0 saturated heterocycles. The Balaban J connectivity index is 1.87. The molecule has 0 unspecified atom stereocenters. The zero-order chi connectivity index (χ0) is 24.7. The van der Waals surface area contributed by atoms with E-state index in [4.69, 9.17) is 9.47 Å². The van der Waals surface area contributed by atoms with E-state index >= 15 is 0 Å². The van der Waals surface area contributed by atoms with Gasteiger partial charge in [0, 0.05) is 31.6 Å². The number of ether oxygens (including phenoxy) is 2. The van der Waals surface area contributed by atoms with E-state index in [2.05, 4.69) is 5.32 Å². The number of aliphatic hydroxyl groups is 1. The molecule has 0 radical (unpaired) electrons. The molecule has 34 heavy (non-hydrogen) atoms. The second kappa shape index (κ2) is 11.5. The van der Waals surface area contributed by atoms with Crippen molar-refractivity contribution in [2.24, 2.45) is 5.92 Å². The number of aliphatic hydroxyl groups excluding tert-OH is 1. The maximum absolute atomic E-state index is 13.1. The summed E-state index contributed by atoms with van der Waals surface area (Å²) in [6, 6.07) is 10.5. The minimum Gasteiger partial charge on any atom is -0.459 e. The summed E-state index contributed by atoms with van der Waals surface area (Å²) < 4.78 is 63.8. The summed E-state index contributed by atoms with van der Waals surface area (Å²) in [6.07, 6.45) is -2.78. The molecule has 1 aliphatic heterocycles. The molecule has 0 aromatic heterocycles. The first-order valence-corrected chi connectivity index (χ1v) is 11.0. The minimum absolute atomic E-state index is 0.00860. The number of carbonyl (C=O) groups is 1. The van der Waals surface area contributed by atoms with E-state index in [0.717, 1.165) is 12.1 Å². The van der Waals surface area contributed by atoms with Crippen LogP contribution in [0.5, 0.6) is 0 Å². The molecule has 1 aliphatic rings. The third-order valence-electron chi connectivity index (χ3n) is 5.62. The van der Waals surface area contributed by atoms with Gasteiger partial charge in [-0.25, -0.2) is 4.39 Å². The van der Waals surface area contributed by atoms with Crippen molar-refractivity contribution >= 4 is 5.91 Å². The first-order valence-electron chi connectivity index (χ1n) is 11.0. The van der Waals surface area contributed by atoms with Crippen LogP contribution in [-0.2, 0) is 27.0 Å². The maximum atomic E-state index is 13.1. The molecule has 0 fully saturated rings. The monoisotopic (exact) mass is 481 g/mol. The van der Waals surface area contributed by atoms with Gasteiger partial charge < -0.3 is 19.9 Å². The van der Waals surface area contributed by atoms with Crippen LogP contribution in [0.15, 0.2) is 60.4 Å². The van der Waals surface area contributed by atoms with Crippen molar-refractivity contribution in [3.8, 4) is 0 Å². The van der Waals surface area contributed by atoms with Crippen LogP contribution in [0.2, 0.25) is 0 Å². The molecule has 1 heterocycles. The first-order chi connectivity index (χ1) is 16.2. The van der Waals surface area contributed by atoms with Gasteiger partial charge in [-0.3, -0.25) is 4.79 Å². The zero-order valence-corrected chi connectivity index (χ0v) is 18.6. The predicted molar refractivity (Wildman–Crippen MR) is 117 cm³/mol. The van der Waals surface area contributed by atoms with E-state index in [1.165, 1.54) is 24.3 Å². The topological polar surface area (TPSA) is 67.8 Å². The van der Waals surface area contributed by atoms with Gasteiger partial charge in [0.05, 0.1) is 5.56 Å². The second-order valence-corrected chi connectivity index (χ2v) is 7.96. The van der Waals surface area contributed by atoms with Crippen molar-refractivity contribution < 1.29 is 36.9 Å². The summed E-state index contributed by atoms with van der Waals surface area (Å²) in [5.41, 5.74) is 0.498. The quantitative estimate of drug-likeness (QED) is 0.500. The highest BCUT2D eigenvalue weighted by atomic mass is 19.4. The van der Waals surface area contributed by atoms with Gasteiger partial charge in [0.15, 0.2) is 5.76 Å². The molecule has 2 aromatic rings. The van der Waals surface area contributed by atoms with Crippen LogP contribution in [0.3, 0.4) is 0 Å². The highest BCUT2D eigenvalue weighted by Gasteiger charge is 2.38. The fraction of sp³-hybridized carbons (Fsp3) is 0.400. The van der Waals surface area contributed by atoms with Gasteiger partial charge >= 0.3 is 6.18 Å². The van der Waals surface area contributed by atoms with Crippen LogP contribution < -0.4 is 5.32 Å². The van der Waals surface area contributed by atoms with E-state index < -0.39 is 29.9 Å². The molecule has 5 nitrogen and oxygen atoms in total. The zero-order valence-electron chi connectivity index (χ0n) is 18.6. The highest BCUT2D eigenvalue weighted by molar-refractivity contribution is 5.91.